The third-order valence-corrected chi connectivity index (χ3v) is 4.81. The Morgan fingerprint density at radius 3 is 2.92 bits per heavy atom. The van der Waals surface area contributed by atoms with Gasteiger partial charge in [-0.05, 0) is 56.8 Å². The van der Waals surface area contributed by atoms with Gasteiger partial charge >= 0.3 is 0 Å². The van der Waals surface area contributed by atoms with Crippen LogP contribution in [-0.4, -0.2) is 46.7 Å². The highest BCUT2D eigenvalue weighted by molar-refractivity contribution is 5.71. The molecule has 0 spiro atoms. The zero-order chi connectivity index (χ0) is 17.4. The molecule has 4 rings (SSSR count). The summed E-state index contributed by atoms with van der Waals surface area (Å²) in [5, 5.41) is 4.68. The van der Waals surface area contributed by atoms with Crippen LogP contribution in [0.2, 0.25) is 0 Å². The monoisotopic (exact) mass is 340 g/mol. The second kappa shape index (κ2) is 6.44. The Kier molecular flexibility index (Phi) is 4.13. The van der Waals surface area contributed by atoms with Gasteiger partial charge in [0, 0.05) is 29.8 Å². The third-order valence-electron chi connectivity index (χ3n) is 4.81. The van der Waals surface area contributed by atoms with Gasteiger partial charge in [0.1, 0.15) is 11.6 Å². The Bertz CT molecular complexity index is 908. The number of likely N-dealkylation sites (tertiary alicyclic amines) is 1. The van der Waals surface area contributed by atoms with Crippen molar-refractivity contribution in [1.29, 1.82) is 0 Å². The predicted molar refractivity (Wildman–Crippen MR) is 94.4 cm³/mol. The quantitative estimate of drug-likeness (QED) is 0.733. The smallest absolute Gasteiger partial charge is 0.156 e. The fraction of sp³-hybridized carbons (Fsp3) is 0.368. The molecule has 0 aliphatic carbocycles. The molecule has 2 aromatic heterocycles. The van der Waals surface area contributed by atoms with Crippen LogP contribution in [0.15, 0.2) is 36.5 Å². The van der Waals surface area contributed by atoms with Crippen molar-refractivity contribution < 1.29 is 9.13 Å². The molecule has 0 N–H and O–H groups in total. The molecule has 6 heteroatoms. The molecule has 1 saturated heterocycles. The van der Waals surface area contributed by atoms with Gasteiger partial charge in [0.05, 0.1) is 7.11 Å². The third kappa shape index (κ3) is 3.09. The lowest BCUT2D eigenvalue weighted by molar-refractivity contribution is 0.246. The number of aromatic nitrogens is 3. The molecule has 130 valence electrons. The lowest BCUT2D eigenvalue weighted by atomic mass is 9.98. The Morgan fingerprint density at radius 1 is 1.24 bits per heavy atom. The van der Waals surface area contributed by atoms with Crippen molar-refractivity contribution in [2.75, 3.05) is 27.2 Å². The average molecular weight is 340 g/mol. The zero-order valence-electron chi connectivity index (χ0n) is 14.4. The van der Waals surface area contributed by atoms with Crippen molar-refractivity contribution >= 4 is 5.65 Å². The van der Waals surface area contributed by atoms with Crippen molar-refractivity contribution in [2.45, 2.75) is 18.8 Å². The largest absolute Gasteiger partial charge is 0.496 e. The fourth-order valence-corrected chi connectivity index (χ4v) is 3.52. The first kappa shape index (κ1) is 16.0. The Balaban J connectivity index is 1.72. The van der Waals surface area contributed by atoms with Gasteiger partial charge in [0.15, 0.2) is 11.5 Å². The number of halogens is 1. The minimum atomic E-state index is -0.291. The van der Waals surface area contributed by atoms with Crippen LogP contribution in [0, 0.1) is 5.82 Å². The van der Waals surface area contributed by atoms with E-state index in [1.54, 1.807) is 17.7 Å². The van der Waals surface area contributed by atoms with Gasteiger partial charge in [0.25, 0.3) is 0 Å². The molecule has 25 heavy (non-hydrogen) atoms. The summed E-state index contributed by atoms with van der Waals surface area (Å²) in [4.78, 5) is 7.01. The Labute approximate surface area is 146 Å². The number of ether oxygens (including phenoxy) is 1. The highest BCUT2D eigenvalue weighted by Crippen LogP contribution is 2.31. The number of methoxy groups -OCH3 is 1. The van der Waals surface area contributed by atoms with Crippen molar-refractivity contribution in [3.05, 3.63) is 48.2 Å². The van der Waals surface area contributed by atoms with E-state index in [4.69, 9.17) is 4.74 Å². The molecule has 0 saturated carbocycles. The lowest BCUT2D eigenvalue weighted by Gasteiger charge is -2.27. The molecular weight excluding hydrogens is 319 g/mol. The first-order chi connectivity index (χ1) is 12.1. The maximum atomic E-state index is 13.7. The fourth-order valence-electron chi connectivity index (χ4n) is 3.52. The standard InChI is InChI=1S/C19H21FN4O/c1-23-9-3-4-14(11-23)19-21-18-8-5-13(12-24(18)22-19)16-10-15(20)6-7-17(16)25-2/h5-8,10,12,14H,3-4,9,11H2,1-2H3/t14-/m0/s1. The van der Waals surface area contributed by atoms with Crippen LogP contribution < -0.4 is 4.74 Å². The number of likely N-dealkylation sites (N-methyl/N-ethyl adjacent to an activating group) is 1. The first-order valence-corrected chi connectivity index (χ1v) is 8.53. The molecule has 3 aromatic rings. The average Bonchev–Trinajstić information content (AvgIpc) is 3.05. The number of nitrogens with zero attached hydrogens (tertiary/aromatic N) is 4. The van der Waals surface area contributed by atoms with Crippen molar-refractivity contribution in [2.24, 2.45) is 0 Å². The predicted octanol–water partition coefficient (Wildman–Crippen LogP) is 3.35. The highest BCUT2D eigenvalue weighted by Gasteiger charge is 2.22. The summed E-state index contributed by atoms with van der Waals surface area (Å²) in [5.74, 6) is 1.59. The molecule has 5 nitrogen and oxygen atoms in total. The molecule has 0 bridgehead atoms. The van der Waals surface area contributed by atoms with Gasteiger partial charge < -0.3 is 9.64 Å². The van der Waals surface area contributed by atoms with Crippen molar-refractivity contribution in [1.82, 2.24) is 19.5 Å². The van der Waals surface area contributed by atoms with E-state index < -0.39 is 0 Å². The van der Waals surface area contributed by atoms with Gasteiger partial charge in [-0.3, -0.25) is 0 Å². The number of hydrogen-bond donors (Lipinski definition) is 0. The summed E-state index contributed by atoms with van der Waals surface area (Å²) < 4.78 is 20.8. The van der Waals surface area contributed by atoms with E-state index in [-0.39, 0.29) is 5.82 Å². The van der Waals surface area contributed by atoms with Crippen LogP contribution >= 0.6 is 0 Å². The minimum absolute atomic E-state index is 0.291. The van der Waals surface area contributed by atoms with E-state index in [0.29, 0.717) is 17.2 Å². The maximum absolute atomic E-state index is 13.7. The first-order valence-electron chi connectivity index (χ1n) is 8.53. The number of hydrogen-bond acceptors (Lipinski definition) is 4. The molecule has 1 aliphatic rings. The number of fused-ring (bicyclic) bond motifs is 1. The van der Waals surface area contributed by atoms with Crippen LogP contribution in [0.1, 0.15) is 24.6 Å². The topological polar surface area (TPSA) is 42.7 Å². The Hall–Kier alpha value is -2.47. The number of pyridine rings is 1. The van der Waals surface area contributed by atoms with Crippen molar-refractivity contribution in [3.8, 4) is 16.9 Å². The summed E-state index contributed by atoms with van der Waals surface area (Å²) in [5.41, 5.74) is 2.36. The highest BCUT2D eigenvalue weighted by atomic mass is 19.1. The summed E-state index contributed by atoms with van der Waals surface area (Å²) in [6.45, 7) is 2.12. The van der Waals surface area contributed by atoms with Crippen LogP contribution in [0.4, 0.5) is 4.39 Å². The maximum Gasteiger partial charge on any atom is 0.156 e. The van der Waals surface area contributed by atoms with E-state index in [1.807, 2.05) is 18.3 Å². The van der Waals surface area contributed by atoms with E-state index >= 15 is 0 Å². The van der Waals surface area contributed by atoms with Gasteiger partial charge in [-0.25, -0.2) is 13.9 Å². The van der Waals surface area contributed by atoms with E-state index in [9.17, 15) is 4.39 Å². The minimum Gasteiger partial charge on any atom is -0.496 e. The lowest BCUT2D eigenvalue weighted by Crippen LogP contribution is -2.31. The van der Waals surface area contributed by atoms with Crippen LogP contribution in [-0.2, 0) is 0 Å². The summed E-state index contributed by atoms with van der Waals surface area (Å²) in [7, 11) is 3.72. The molecule has 1 atom stereocenters. The number of piperidine rings is 1. The van der Waals surface area contributed by atoms with E-state index in [2.05, 4.69) is 22.0 Å². The zero-order valence-corrected chi connectivity index (χ0v) is 14.4. The van der Waals surface area contributed by atoms with Crippen LogP contribution in [0.25, 0.3) is 16.8 Å². The molecule has 1 aromatic carbocycles. The normalized spacial score (nSPS) is 18.6. The Morgan fingerprint density at radius 2 is 2.12 bits per heavy atom. The second-order valence-electron chi connectivity index (χ2n) is 6.64. The molecule has 0 radical (unpaired) electrons. The van der Waals surface area contributed by atoms with Gasteiger partial charge in [-0.15, -0.1) is 0 Å². The van der Waals surface area contributed by atoms with Crippen LogP contribution in [0.5, 0.6) is 5.75 Å². The van der Waals surface area contributed by atoms with Crippen molar-refractivity contribution in [3.63, 3.8) is 0 Å². The molecule has 0 unspecified atom stereocenters. The van der Waals surface area contributed by atoms with Crippen LogP contribution in [0.3, 0.4) is 0 Å². The van der Waals surface area contributed by atoms with Gasteiger partial charge in [-0.1, -0.05) is 0 Å². The molecule has 1 aliphatic heterocycles. The van der Waals surface area contributed by atoms with E-state index in [1.165, 1.54) is 18.6 Å². The van der Waals surface area contributed by atoms with Gasteiger partial charge in [0.2, 0.25) is 0 Å². The SMILES string of the molecule is COc1ccc(F)cc1-c1ccc2nc([C@H]3CCCN(C)C3)nn2c1. The number of benzene rings is 1. The summed E-state index contributed by atoms with van der Waals surface area (Å²) >= 11 is 0. The number of rotatable bonds is 3. The molecule has 3 heterocycles. The summed E-state index contributed by atoms with van der Waals surface area (Å²) in [6.07, 6.45) is 4.17. The van der Waals surface area contributed by atoms with E-state index in [0.717, 1.165) is 36.5 Å². The molecule has 1 fully saturated rings. The molecular formula is C19H21FN4O. The second-order valence-corrected chi connectivity index (χ2v) is 6.64. The van der Waals surface area contributed by atoms with Gasteiger partial charge in [-0.2, -0.15) is 5.10 Å². The molecule has 0 amide bonds. The summed E-state index contributed by atoms with van der Waals surface area (Å²) in [6, 6.07) is 8.36.